The Balaban J connectivity index is 1.34. The second kappa shape index (κ2) is 8.56. The number of carbonyl (C=O) groups excluding carboxylic acids is 1. The van der Waals surface area contributed by atoms with Crippen LogP contribution in [0.1, 0.15) is 40.0 Å². The molecule has 0 saturated carbocycles. The largest absolute Gasteiger partial charge is 0.492 e. The zero-order chi connectivity index (χ0) is 24.9. The molecule has 3 N–H and O–H groups in total. The molecule has 2 aromatic heterocycles. The Hall–Kier alpha value is -3.60. The molecule has 11 heteroatoms. The topological polar surface area (TPSA) is 132 Å². The molecule has 0 aliphatic carbocycles. The molecule has 1 amide bonds. The Bertz CT molecular complexity index is 1480. The highest BCUT2D eigenvalue weighted by molar-refractivity contribution is 7.91. The van der Waals surface area contributed by atoms with Crippen molar-refractivity contribution >= 4 is 38.7 Å². The van der Waals surface area contributed by atoms with E-state index in [1.165, 1.54) is 0 Å². The van der Waals surface area contributed by atoms with Crippen LogP contribution in [0.5, 0.6) is 5.75 Å². The number of ether oxygens (including phenoxy) is 1. The highest BCUT2D eigenvalue weighted by Crippen LogP contribution is 2.32. The van der Waals surface area contributed by atoms with E-state index in [0.29, 0.717) is 42.3 Å². The van der Waals surface area contributed by atoms with E-state index < -0.39 is 10.2 Å². The van der Waals surface area contributed by atoms with Gasteiger partial charge in [0.05, 0.1) is 23.4 Å². The third-order valence-corrected chi connectivity index (χ3v) is 7.41. The van der Waals surface area contributed by atoms with Gasteiger partial charge in [0, 0.05) is 43.3 Å². The van der Waals surface area contributed by atoms with Gasteiger partial charge in [0.25, 0.3) is 5.91 Å². The van der Waals surface area contributed by atoms with E-state index in [9.17, 15) is 13.2 Å². The number of benzene rings is 1. The van der Waals surface area contributed by atoms with Crippen LogP contribution in [0.15, 0.2) is 34.9 Å². The summed E-state index contributed by atoms with van der Waals surface area (Å²) in [6, 6.07) is 6.93. The molecule has 1 aromatic carbocycles. The molecule has 0 radical (unpaired) electrons. The molecule has 2 aliphatic rings. The highest BCUT2D eigenvalue weighted by atomic mass is 32.2. The van der Waals surface area contributed by atoms with Crippen molar-refractivity contribution in [3.8, 4) is 5.75 Å². The summed E-state index contributed by atoms with van der Waals surface area (Å²) in [4.78, 5) is 20.1. The third kappa shape index (κ3) is 4.31. The summed E-state index contributed by atoms with van der Waals surface area (Å²) in [6.45, 7) is 5.53. The van der Waals surface area contributed by atoms with E-state index in [4.69, 9.17) is 10.5 Å². The van der Waals surface area contributed by atoms with Gasteiger partial charge in [-0.3, -0.25) is 9.52 Å². The number of hydrogen-bond donors (Lipinski definition) is 2. The summed E-state index contributed by atoms with van der Waals surface area (Å²) < 4.78 is 37.6. The number of nitrogens with zero attached hydrogens (tertiary/aromatic N) is 4. The zero-order valence-electron chi connectivity index (χ0n) is 19.9. The second-order valence-electron chi connectivity index (χ2n) is 9.24. The predicted octanol–water partition coefficient (Wildman–Crippen LogP) is 2.50. The Morgan fingerprint density at radius 2 is 2.11 bits per heavy atom. The lowest BCUT2D eigenvalue weighted by Crippen LogP contribution is -2.41. The van der Waals surface area contributed by atoms with E-state index in [-0.39, 0.29) is 17.7 Å². The molecular weight excluding hydrogens is 468 g/mol. The molecule has 1 atom stereocenters. The minimum absolute atomic E-state index is 0.00220. The summed E-state index contributed by atoms with van der Waals surface area (Å²) in [5.41, 5.74) is 10.0. The number of carbonyl (C=O) groups is 1. The maximum Gasteiger partial charge on any atom is 0.344 e. The minimum Gasteiger partial charge on any atom is -0.492 e. The number of aryl methyl sites for hydroxylation is 3. The number of anilines is 1. The first-order valence-electron chi connectivity index (χ1n) is 11.5. The van der Waals surface area contributed by atoms with Crippen molar-refractivity contribution in [2.45, 2.75) is 26.7 Å². The number of fused-ring (bicyclic) bond motifs is 2. The molecule has 10 nitrogen and oxygen atoms in total. The standard InChI is InChI=1S/C24H28N6O4S/c1-14-11-29(3)23-20(14)17(10-15(2)26-23)24(31)30-9-5-6-16(12-30)13-34-19-8-4-7-18-21(19)22(25)28-35(32,33)27-18/h4,7-8,10-11,16,27H,5-6,9,12-13H2,1-3H3,(H2,25,28)/t16-/m0/s1. The van der Waals surface area contributed by atoms with Gasteiger partial charge in [-0.15, -0.1) is 4.40 Å². The molecule has 1 saturated heterocycles. The zero-order valence-corrected chi connectivity index (χ0v) is 20.7. The lowest BCUT2D eigenvalue weighted by atomic mass is 9.97. The maximum atomic E-state index is 13.6. The van der Waals surface area contributed by atoms with E-state index in [1.54, 1.807) is 18.2 Å². The monoisotopic (exact) mass is 496 g/mol. The molecule has 35 heavy (non-hydrogen) atoms. The molecular formula is C24H28N6O4S. The van der Waals surface area contributed by atoms with Gasteiger partial charge in [0.1, 0.15) is 11.4 Å². The van der Waals surface area contributed by atoms with E-state index >= 15 is 0 Å². The van der Waals surface area contributed by atoms with Gasteiger partial charge in [-0.2, -0.15) is 8.42 Å². The smallest absolute Gasteiger partial charge is 0.344 e. The Kier molecular flexibility index (Phi) is 5.66. The van der Waals surface area contributed by atoms with Gasteiger partial charge in [-0.1, -0.05) is 6.07 Å². The van der Waals surface area contributed by atoms with Crippen molar-refractivity contribution < 1.29 is 17.9 Å². The fraction of sp³-hybridized carbons (Fsp3) is 0.375. The van der Waals surface area contributed by atoms with Crippen LogP contribution in [0.4, 0.5) is 5.69 Å². The minimum atomic E-state index is -3.85. The number of likely N-dealkylation sites (tertiary alicyclic amines) is 1. The normalized spacial score (nSPS) is 19.1. The summed E-state index contributed by atoms with van der Waals surface area (Å²) >= 11 is 0. The van der Waals surface area contributed by atoms with Gasteiger partial charge < -0.3 is 19.9 Å². The van der Waals surface area contributed by atoms with Crippen LogP contribution in [-0.4, -0.2) is 54.3 Å². The van der Waals surface area contributed by atoms with Crippen LogP contribution in [0, 0.1) is 19.8 Å². The summed E-state index contributed by atoms with van der Waals surface area (Å²) in [6.07, 6.45) is 3.79. The first kappa shape index (κ1) is 23.2. The van der Waals surface area contributed by atoms with Gasteiger partial charge in [0.2, 0.25) is 0 Å². The van der Waals surface area contributed by atoms with Gasteiger partial charge in [0.15, 0.2) is 5.84 Å². The van der Waals surface area contributed by atoms with Gasteiger partial charge in [-0.05, 0) is 50.5 Å². The molecule has 4 heterocycles. The molecule has 5 rings (SSSR count). The first-order valence-corrected chi connectivity index (χ1v) is 12.9. The number of amides is 1. The SMILES string of the molecule is Cc1cc(C(=O)N2CCC[C@H](COc3cccc4c3C(N)=NS(=O)(=O)N4)C2)c2c(C)cn(C)c2n1. The van der Waals surface area contributed by atoms with E-state index in [0.717, 1.165) is 35.1 Å². The number of rotatable bonds is 4. The molecule has 3 aromatic rings. The van der Waals surface area contributed by atoms with Crippen molar-refractivity contribution in [2.75, 3.05) is 24.4 Å². The highest BCUT2D eigenvalue weighted by Gasteiger charge is 2.29. The number of nitrogens with two attached hydrogens (primary N) is 1. The van der Waals surface area contributed by atoms with Crippen LogP contribution >= 0.6 is 0 Å². The summed E-state index contributed by atoms with van der Waals surface area (Å²) in [5, 5.41) is 0.898. The first-order chi connectivity index (χ1) is 16.6. The second-order valence-corrected chi connectivity index (χ2v) is 10.6. The summed E-state index contributed by atoms with van der Waals surface area (Å²) in [5.74, 6) is 0.478. The van der Waals surface area contributed by atoms with Crippen molar-refractivity contribution in [2.24, 2.45) is 23.1 Å². The van der Waals surface area contributed by atoms with Crippen LogP contribution in [0.3, 0.4) is 0 Å². The molecule has 0 spiro atoms. The number of piperidine rings is 1. The maximum absolute atomic E-state index is 13.6. The molecule has 2 aliphatic heterocycles. The number of amidine groups is 1. The van der Waals surface area contributed by atoms with Crippen LogP contribution < -0.4 is 15.2 Å². The molecule has 1 fully saturated rings. The third-order valence-electron chi connectivity index (χ3n) is 6.50. The lowest BCUT2D eigenvalue weighted by molar-refractivity contribution is 0.0635. The Morgan fingerprint density at radius 3 is 2.91 bits per heavy atom. The molecule has 0 unspecified atom stereocenters. The summed E-state index contributed by atoms with van der Waals surface area (Å²) in [7, 11) is -1.91. The van der Waals surface area contributed by atoms with Gasteiger partial charge in [-0.25, -0.2) is 4.98 Å². The number of aromatic nitrogens is 2. The fourth-order valence-electron chi connectivity index (χ4n) is 4.99. The number of hydrogen-bond acceptors (Lipinski definition) is 6. The number of nitrogens with one attached hydrogen (secondary N) is 1. The van der Waals surface area contributed by atoms with Crippen molar-refractivity contribution in [3.05, 3.63) is 52.8 Å². The quantitative estimate of drug-likeness (QED) is 0.570. The van der Waals surface area contributed by atoms with Crippen LogP contribution in [-0.2, 0) is 17.3 Å². The van der Waals surface area contributed by atoms with Crippen molar-refractivity contribution in [3.63, 3.8) is 0 Å². The van der Waals surface area contributed by atoms with Crippen molar-refractivity contribution in [1.82, 2.24) is 14.5 Å². The van der Waals surface area contributed by atoms with Gasteiger partial charge >= 0.3 is 10.2 Å². The Labute approximate surface area is 204 Å². The van der Waals surface area contributed by atoms with E-state index in [1.807, 2.05) is 42.6 Å². The van der Waals surface area contributed by atoms with Crippen LogP contribution in [0.25, 0.3) is 11.0 Å². The average Bonchev–Trinajstić information content (AvgIpc) is 3.08. The predicted molar refractivity (Wildman–Crippen MR) is 134 cm³/mol. The molecule has 0 bridgehead atoms. The average molecular weight is 497 g/mol. The van der Waals surface area contributed by atoms with E-state index in [2.05, 4.69) is 14.1 Å². The fourth-order valence-corrected chi connectivity index (χ4v) is 5.83. The molecule has 184 valence electrons. The Morgan fingerprint density at radius 1 is 1.31 bits per heavy atom. The lowest BCUT2D eigenvalue weighted by Gasteiger charge is -2.33. The van der Waals surface area contributed by atoms with Crippen LogP contribution in [0.2, 0.25) is 0 Å². The number of pyridine rings is 1. The van der Waals surface area contributed by atoms with Crippen molar-refractivity contribution in [1.29, 1.82) is 0 Å².